The Morgan fingerprint density at radius 3 is 2.48 bits per heavy atom. The highest BCUT2D eigenvalue weighted by Gasteiger charge is 2.08. The summed E-state index contributed by atoms with van der Waals surface area (Å²) >= 11 is 0. The largest absolute Gasteiger partial charge is 0.259 e. The number of benzene rings is 2. The van der Waals surface area contributed by atoms with Crippen LogP contribution in [0.5, 0.6) is 0 Å². The number of nitrogens with one attached hydrogen (secondary N) is 1. The Balaban J connectivity index is 1.88. The molecule has 0 aliphatic carbocycles. The monoisotopic (exact) mass is 272 g/mol. The number of nitrogens with zero attached hydrogens (tertiary/aromatic N) is 3. The van der Waals surface area contributed by atoms with E-state index in [0.29, 0.717) is 5.65 Å². The van der Waals surface area contributed by atoms with Crippen molar-refractivity contribution in [1.82, 2.24) is 20.4 Å². The van der Waals surface area contributed by atoms with Crippen molar-refractivity contribution in [2.75, 3.05) is 0 Å². The molecular formula is C17H12N4. The van der Waals surface area contributed by atoms with Crippen LogP contribution in [0.3, 0.4) is 0 Å². The molecule has 0 saturated carbocycles. The van der Waals surface area contributed by atoms with Crippen molar-refractivity contribution < 1.29 is 0 Å². The summed E-state index contributed by atoms with van der Waals surface area (Å²) in [4.78, 5) is 0. The van der Waals surface area contributed by atoms with Gasteiger partial charge >= 0.3 is 0 Å². The third-order valence-electron chi connectivity index (χ3n) is 3.53. The van der Waals surface area contributed by atoms with Crippen LogP contribution >= 0.6 is 0 Å². The molecule has 0 amide bonds. The van der Waals surface area contributed by atoms with Gasteiger partial charge in [-0.3, -0.25) is 5.10 Å². The molecule has 4 aromatic rings. The van der Waals surface area contributed by atoms with E-state index in [0.717, 1.165) is 16.5 Å². The molecule has 0 aliphatic heterocycles. The Hall–Kier alpha value is -3.01. The predicted molar refractivity (Wildman–Crippen MR) is 82.6 cm³/mol. The lowest BCUT2D eigenvalue weighted by molar-refractivity contribution is 1.02. The van der Waals surface area contributed by atoms with E-state index < -0.39 is 0 Å². The van der Waals surface area contributed by atoms with Crippen LogP contribution < -0.4 is 0 Å². The third-order valence-corrected chi connectivity index (χ3v) is 3.53. The molecule has 0 bridgehead atoms. The fourth-order valence-electron chi connectivity index (χ4n) is 2.49. The lowest BCUT2D eigenvalue weighted by Crippen LogP contribution is -1.87. The maximum atomic E-state index is 4.04. The Morgan fingerprint density at radius 1 is 0.762 bits per heavy atom. The van der Waals surface area contributed by atoms with E-state index in [-0.39, 0.29) is 0 Å². The molecule has 2 heterocycles. The van der Waals surface area contributed by atoms with Gasteiger partial charge in [0.1, 0.15) is 0 Å². The number of hydrogen-bond acceptors (Lipinski definition) is 3. The molecule has 4 nitrogen and oxygen atoms in total. The molecule has 0 saturated heterocycles. The minimum Gasteiger partial charge on any atom is -0.259 e. The van der Waals surface area contributed by atoms with Crippen LogP contribution in [0.15, 0.2) is 67.0 Å². The lowest BCUT2D eigenvalue weighted by Gasteiger charge is -2.06. The van der Waals surface area contributed by atoms with Crippen LogP contribution in [-0.4, -0.2) is 20.4 Å². The molecule has 4 heteroatoms. The molecule has 0 unspecified atom stereocenters. The van der Waals surface area contributed by atoms with E-state index in [1.807, 2.05) is 18.2 Å². The van der Waals surface area contributed by atoms with Gasteiger partial charge in [0.05, 0.1) is 17.8 Å². The van der Waals surface area contributed by atoms with Crippen LogP contribution in [0.1, 0.15) is 0 Å². The number of hydrogen-bond donors (Lipinski definition) is 1. The summed E-state index contributed by atoms with van der Waals surface area (Å²) < 4.78 is 0. The molecule has 0 atom stereocenters. The molecule has 100 valence electrons. The average molecular weight is 272 g/mol. The van der Waals surface area contributed by atoms with E-state index in [1.165, 1.54) is 11.1 Å². The Morgan fingerprint density at radius 2 is 1.57 bits per heavy atom. The van der Waals surface area contributed by atoms with Crippen molar-refractivity contribution in [1.29, 1.82) is 0 Å². The van der Waals surface area contributed by atoms with Gasteiger partial charge in [0.15, 0.2) is 5.65 Å². The normalized spacial score (nSPS) is 10.9. The summed E-state index contributed by atoms with van der Waals surface area (Å²) in [7, 11) is 0. The van der Waals surface area contributed by atoms with Gasteiger partial charge in [-0.05, 0) is 22.8 Å². The molecule has 2 aromatic carbocycles. The first-order valence-corrected chi connectivity index (χ1v) is 6.72. The molecule has 0 fully saturated rings. The van der Waals surface area contributed by atoms with Crippen molar-refractivity contribution in [3.63, 3.8) is 0 Å². The summed E-state index contributed by atoms with van der Waals surface area (Å²) in [6, 6.07) is 18.7. The first-order valence-electron chi connectivity index (χ1n) is 6.72. The van der Waals surface area contributed by atoms with Gasteiger partial charge in [0.2, 0.25) is 0 Å². The van der Waals surface area contributed by atoms with Crippen molar-refractivity contribution in [2.45, 2.75) is 0 Å². The minimum atomic E-state index is 0.706. The molecular weight excluding hydrogens is 260 g/mol. The van der Waals surface area contributed by atoms with Gasteiger partial charge in [-0.15, -0.1) is 5.10 Å². The van der Waals surface area contributed by atoms with Crippen LogP contribution in [0.2, 0.25) is 0 Å². The average Bonchev–Trinajstić information content (AvgIpc) is 3.04. The van der Waals surface area contributed by atoms with Crippen LogP contribution in [-0.2, 0) is 0 Å². The van der Waals surface area contributed by atoms with Crippen molar-refractivity contribution in [3.8, 4) is 22.3 Å². The molecule has 0 spiro atoms. The number of aromatic nitrogens is 4. The standard InChI is InChI=1S/C17H12N4/c1-2-5-12(6-3-1)13-7-4-8-14(9-13)15-10-18-20-17-16(15)11-19-21-17/h1-11H,(H,19,20,21). The number of fused-ring (bicyclic) bond motifs is 1. The summed E-state index contributed by atoms with van der Waals surface area (Å²) in [6.45, 7) is 0. The maximum Gasteiger partial charge on any atom is 0.178 e. The number of rotatable bonds is 2. The Bertz CT molecular complexity index is 897. The van der Waals surface area contributed by atoms with Crippen LogP contribution in [0, 0.1) is 0 Å². The quantitative estimate of drug-likeness (QED) is 0.605. The summed E-state index contributed by atoms with van der Waals surface area (Å²) in [5.41, 5.74) is 5.23. The first-order chi connectivity index (χ1) is 10.4. The number of aromatic amines is 1. The van der Waals surface area contributed by atoms with E-state index >= 15 is 0 Å². The van der Waals surface area contributed by atoms with Gasteiger partial charge in [0.25, 0.3) is 0 Å². The zero-order valence-corrected chi connectivity index (χ0v) is 11.2. The Labute approximate surface area is 121 Å². The number of H-pyrrole nitrogens is 1. The predicted octanol–water partition coefficient (Wildman–Crippen LogP) is 3.69. The molecule has 1 N–H and O–H groups in total. The van der Waals surface area contributed by atoms with E-state index in [4.69, 9.17) is 0 Å². The maximum absolute atomic E-state index is 4.04. The van der Waals surface area contributed by atoms with Crippen molar-refractivity contribution >= 4 is 11.0 Å². The smallest absolute Gasteiger partial charge is 0.178 e. The third kappa shape index (κ3) is 2.07. The van der Waals surface area contributed by atoms with E-state index in [9.17, 15) is 0 Å². The van der Waals surface area contributed by atoms with E-state index in [2.05, 4.69) is 56.8 Å². The fourth-order valence-corrected chi connectivity index (χ4v) is 2.49. The Kier molecular flexibility index (Phi) is 2.71. The van der Waals surface area contributed by atoms with Gasteiger partial charge in [-0.1, -0.05) is 48.5 Å². The van der Waals surface area contributed by atoms with Crippen LogP contribution in [0.25, 0.3) is 33.3 Å². The molecule has 0 radical (unpaired) electrons. The molecule has 0 aliphatic rings. The zero-order valence-electron chi connectivity index (χ0n) is 11.2. The minimum absolute atomic E-state index is 0.706. The van der Waals surface area contributed by atoms with Gasteiger partial charge in [-0.25, -0.2) is 0 Å². The fraction of sp³-hybridized carbons (Fsp3) is 0. The van der Waals surface area contributed by atoms with Crippen molar-refractivity contribution in [3.05, 3.63) is 67.0 Å². The van der Waals surface area contributed by atoms with Crippen LogP contribution in [0.4, 0.5) is 0 Å². The van der Waals surface area contributed by atoms with Crippen molar-refractivity contribution in [2.24, 2.45) is 0 Å². The molecule has 21 heavy (non-hydrogen) atoms. The van der Waals surface area contributed by atoms with E-state index in [1.54, 1.807) is 12.4 Å². The molecule has 2 aromatic heterocycles. The second-order valence-corrected chi connectivity index (χ2v) is 4.84. The summed E-state index contributed by atoms with van der Waals surface area (Å²) in [5.74, 6) is 0. The second kappa shape index (κ2) is 4.83. The lowest BCUT2D eigenvalue weighted by atomic mass is 9.99. The summed E-state index contributed by atoms with van der Waals surface area (Å²) in [5, 5.41) is 16.0. The highest BCUT2D eigenvalue weighted by Crippen LogP contribution is 2.29. The molecule has 4 rings (SSSR count). The van der Waals surface area contributed by atoms with Gasteiger partial charge in [0, 0.05) is 5.56 Å². The highest BCUT2D eigenvalue weighted by atomic mass is 15.2. The summed E-state index contributed by atoms with van der Waals surface area (Å²) in [6.07, 6.45) is 3.57. The first kappa shape index (κ1) is 11.8. The van der Waals surface area contributed by atoms with Gasteiger partial charge in [-0.2, -0.15) is 10.2 Å². The highest BCUT2D eigenvalue weighted by molar-refractivity contribution is 5.92. The zero-order chi connectivity index (χ0) is 14.1. The topological polar surface area (TPSA) is 54.5 Å². The second-order valence-electron chi connectivity index (χ2n) is 4.84. The SMILES string of the molecule is c1ccc(-c2cccc(-c3cnnc4[nH]ncc34)c2)cc1. The van der Waals surface area contributed by atoms with Gasteiger partial charge < -0.3 is 0 Å².